The summed E-state index contributed by atoms with van der Waals surface area (Å²) in [6.45, 7) is 0.905. The number of H-pyrrole nitrogens is 1. The van der Waals surface area contributed by atoms with Crippen LogP contribution in [0.25, 0.3) is 10.9 Å². The van der Waals surface area contributed by atoms with Crippen molar-refractivity contribution in [3.8, 4) is 0 Å². The van der Waals surface area contributed by atoms with E-state index in [-0.39, 0.29) is 5.91 Å². The Morgan fingerprint density at radius 2 is 2.25 bits per heavy atom. The summed E-state index contributed by atoms with van der Waals surface area (Å²) in [5.41, 5.74) is 8.26. The molecular formula is C18H21N5O. The van der Waals surface area contributed by atoms with E-state index in [9.17, 15) is 4.79 Å². The predicted molar refractivity (Wildman–Crippen MR) is 93.8 cm³/mol. The number of hydrogen-bond acceptors (Lipinski definition) is 3. The second kappa shape index (κ2) is 6.13. The summed E-state index contributed by atoms with van der Waals surface area (Å²) < 4.78 is 2.08. The van der Waals surface area contributed by atoms with Gasteiger partial charge in [0.05, 0.1) is 12.2 Å². The molecule has 0 spiro atoms. The number of carbonyl (C=O) groups excluding carboxylic acids is 1. The van der Waals surface area contributed by atoms with Crippen molar-refractivity contribution < 1.29 is 4.79 Å². The van der Waals surface area contributed by atoms with Gasteiger partial charge in [0.2, 0.25) is 5.91 Å². The standard InChI is InChI=1S/C18H21N5O/c19-14(9-12-10-20-15-6-2-1-5-13(12)15)18(24)22-17-11-21-16-7-3-4-8-23(16)17/h1-2,5-6,10-11,14,20H,3-4,7-9,19H2,(H,22,24)/t14-/m1/s1. The summed E-state index contributed by atoms with van der Waals surface area (Å²) in [7, 11) is 0. The first-order valence-electron chi connectivity index (χ1n) is 8.38. The highest BCUT2D eigenvalue weighted by atomic mass is 16.2. The molecule has 0 bridgehead atoms. The second-order valence-electron chi connectivity index (χ2n) is 6.33. The summed E-state index contributed by atoms with van der Waals surface area (Å²) in [6.07, 6.45) is 7.40. The van der Waals surface area contributed by atoms with Gasteiger partial charge in [0.15, 0.2) is 0 Å². The third kappa shape index (κ3) is 2.69. The van der Waals surface area contributed by atoms with Crippen molar-refractivity contribution in [2.75, 3.05) is 5.32 Å². The fourth-order valence-electron chi connectivity index (χ4n) is 3.36. The zero-order chi connectivity index (χ0) is 16.5. The van der Waals surface area contributed by atoms with Gasteiger partial charge in [0.1, 0.15) is 11.6 Å². The molecule has 0 saturated heterocycles. The van der Waals surface area contributed by atoms with E-state index in [0.29, 0.717) is 6.42 Å². The van der Waals surface area contributed by atoms with Crippen molar-refractivity contribution in [3.63, 3.8) is 0 Å². The van der Waals surface area contributed by atoms with Crippen LogP contribution in [0.1, 0.15) is 24.2 Å². The van der Waals surface area contributed by atoms with Gasteiger partial charge in [-0.05, 0) is 30.9 Å². The number of nitrogens with zero attached hydrogens (tertiary/aromatic N) is 2. The van der Waals surface area contributed by atoms with E-state index in [2.05, 4.69) is 19.9 Å². The van der Waals surface area contributed by atoms with Gasteiger partial charge in [-0.2, -0.15) is 0 Å². The summed E-state index contributed by atoms with van der Waals surface area (Å²) in [5, 5.41) is 4.05. The molecular weight excluding hydrogens is 302 g/mol. The number of rotatable bonds is 4. The third-order valence-electron chi connectivity index (χ3n) is 4.67. The molecule has 1 aliphatic rings. The summed E-state index contributed by atoms with van der Waals surface area (Å²) in [4.78, 5) is 20.1. The fourth-order valence-corrected chi connectivity index (χ4v) is 3.36. The van der Waals surface area contributed by atoms with Crippen LogP contribution >= 0.6 is 0 Å². The number of amides is 1. The Labute approximate surface area is 140 Å². The lowest BCUT2D eigenvalue weighted by molar-refractivity contribution is -0.117. The van der Waals surface area contributed by atoms with Gasteiger partial charge < -0.3 is 20.6 Å². The number of aromatic nitrogens is 3. The van der Waals surface area contributed by atoms with E-state index in [4.69, 9.17) is 5.73 Å². The predicted octanol–water partition coefficient (Wildman–Crippen LogP) is 2.21. The van der Waals surface area contributed by atoms with E-state index in [1.807, 2.05) is 30.5 Å². The van der Waals surface area contributed by atoms with Gasteiger partial charge in [-0.25, -0.2) is 4.98 Å². The molecule has 6 nitrogen and oxygen atoms in total. The maximum atomic E-state index is 12.5. The van der Waals surface area contributed by atoms with Gasteiger partial charge in [-0.1, -0.05) is 18.2 Å². The fraction of sp³-hybridized carbons (Fsp3) is 0.333. The van der Waals surface area contributed by atoms with Crippen LogP contribution in [0.3, 0.4) is 0 Å². The molecule has 3 heterocycles. The van der Waals surface area contributed by atoms with Crippen molar-refractivity contribution >= 4 is 22.6 Å². The number of aryl methyl sites for hydroxylation is 1. The zero-order valence-electron chi connectivity index (χ0n) is 13.5. The number of para-hydroxylation sites is 1. The molecule has 24 heavy (non-hydrogen) atoms. The van der Waals surface area contributed by atoms with Gasteiger partial charge in [0.25, 0.3) is 0 Å². The molecule has 1 atom stereocenters. The number of aromatic amines is 1. The summed E-state index contributed by atoms with van der Waals surface area (Å²) >= 11 is 0. The number of hydrogen-bond donors (Lipinski definition) is 3. The second-order valence-corrected chi connectivity index (χ2v) is 6.33. The maximum Gasteiger partial charge on any atom is 0.242 e. The molecule has 1 amide bonds. The lowest BCUT2D eigenvalue weighted by Gasteiger charge is -2.18. The van der Waals surface area contributed by atoms with E-state index in [0.717, 1.165) is 53.9 Å². The molecule has 124 valence electrons. The number of nitrogens with one attached hydrogen (secondary N) is 2. The average Bonchev–Trinajstić information content (AvgIpc) is 3.20. The van der Waals surface area contributed by atoms with Crippen LogP contribution in [0.2, 0.25) is 0 Å². The van der Waals surface area contributed by atoms with E-state index < -0.39 is 6.04 Å². The SMILES string of the molecule is N[C@H](Cc1c[nH]c2ccccc12)C(=O)Nc1cnc2n1CCCC2. The molecule has 0 radical (unpaired) electrons. The molecule has 3 aromatic rings. The van der Waals surface area contributed by atoms with Crippen LogP contribution in [0.5, 0.6) is 0 Å². The van der Waals surface area contributed by atoms with Crippen LogP contribution in [-0.4, -0.2) is 26.5 Å². The third-order valence-corrected chi connectivity index (χ3v) is 4.67. The van der Waals surface area contributed by atoms with E-state index in [1.165, 1.54) is 0 Å². The Morgan fingerprint density at radius 3 is 3.17 bits per heavy atom. The highest BCUT2D eigenvalue weighted by Crippen LogP contribution is 2.21. The highest BCUT2D eigenvalue weighted by Gasteiger charge is 2.20. The van der Waals surface area contributed by atoms with Gasteiger partial charge in [0, 0.05) is 30.1 Å². The van der Waals surface area contributed by atoms with Gasteiger partial charge in [-0.3, -0.25) is 4.79 Å². The highest BCUT2D eigenvalue weighted by molar-refractivity contribution is 5.94. The minimum atomic E-state index is -0.598. The van der Waals surface area contributed by atoms with Crippen molar-refractivity contribution in [2.45, 2.75) is 38.3 Å². The minimum Gasteiger partial charge on any atom is -0.361 e. The Kier molecular flexibility index (Phi) is 3.82. The largest absolute Gasteiger partial charge is 0.361 e. The Bertz CT molecular complexity index is 879. The number of carbonyl (C=O) groups is 1. The van der Waals surface area contributed by atoms with Crippen LogP contribution in [0.15, 0.2) is 36.7 Å². The normalized spacial score (nSPS) is 15.2. The first-order chi connectivity index (χ1) is 11.7. The molecule has 4 N–H and O–H groups in total. The quantitative estimate of drug-likeness (QED) is 0.688. The van der Waals surface area contributed by atoms with E-state index >= 15 is 0 Å². The number of anilines is 1. The monoisotopic (exact) mass is 323 g/mol. The Hall–Kier alpha value is -2.60. The van der Waals surface area contributed by atoms with Crippen molar-refractivity contribution in [2.24, 2.45) is 5.73 Å². The molecule has 4 rings (SSSR count). The lowest BCUT2D eigenvalue weighted by Crippen LogP contribution is -2.38. The number of fused-ring (bicyclic) bond motifs is 2. The van der Waals surface area contributed by atoms with E-state index in [1.54, 1.807) is 6.20 Å². The molecule has 0 saturated carbocycles. The Balaban J connectivity index is 1.47. The molecule has 0 unspecified atom stereocenters. The number of nitrogens with two attached hydrogens (primary N) is 1. The van der Waals surface area contributed by atoms with Crippen LogP contribution in [0.4, 0.5) is 5.82 Å². The summed E-state index contributed by atoms with van der Waals surface area (Å²) in [6, 6.07) is 7.43. The van der Waals surface area contributed by atoms with Crippen molar-refractivity contribution in [1.29, 1.82) is 0 Å². The van der Waals surface area contributed by atoms with Crippen molar-refractivity contribution in [1.82, 2.24) is 14.5 Å². The lowest BCUT2D eigenvalue weighted by atomic mass is 10.1. The number of benzene rings is 1. The molecule has 1 aromatic carbocycles. The molecule has 2 aromatic heterocycles. The Morgan fingerprint density at radius 1 is 1.38 bits per heavy atom. The topological polar surface area (TPSA) is 88.7 Å². The van der Waals surface area contributed by atoms with Crippen LogP contribution in [0, 0.1) is 0 Å². The average molecular weight is 323 g/mol. The molecule has 0 aliphatic carbocycles. The number of imidazole rings is 1. The first-order valence-corrected chi connectivity index (χ1v) is 8.38. The zero-order valence-corrected chi connectivity index (χ0v) is 13.5. The minimum absolute atomic E-state index is 0.173. The molecule has 1 aliphatic heterocycles. The first kappa shape index (κ1) is 15.0. The smallest absolute Gasteiger partial charge is 0.242 e. The van der Waals surface area contributed by atoms with Gasteiger partial charge >= 0.3 is 0 Å². The van der Waals surface area contributed by atoms with Crippen LogP contribution in [-0.2, 0) is 24.2 Å². The van der Waals surface area contributed by atoms with Crippen molar-refractivity contribution in [3.05, 3.63) is 48.0 Å². The summed E-state index contributed by atoms with van der Waals surface area (Å²) in [5.74, 6) is 1.62. The molecule has 6 heteroatoms. The van der Waals surface area contributed by atoms with Gasteiger partial charge in [-0.15, -0.1) is 0 Å². The molecule has 0 fully saturated rings. The maximum absolute atomic E-state index is 12.5. The van der Waals surface area contributed by atoms with Crippen LogP contribution < -0.4 is 11.1 Å².